The Labute approximate surface area is 114 Å². The topological polar surface area (TPSA) is 64.3 Å². The van der Waals surface area contributed by atoms with Crippen molar-refractivity contribution in [3.63, 3.8) is 0 Å². The number of amides is 1. The first kappa shape index (κ1) is 13.9. The number of methoxy groups -OCH3 is 1. The number of hydrogen-bond acceptors (Lipinski definition) is 3. The van der Waals surface area contributed by atoms with E-state index in [2.05, 4.69) is 5.32 Å². The van der Waals surface area contributed by atoms with Crippen LogP contribution in [0, 0.1) is 0 Å². The highest BCUT2D eigenvalue weighted by atomic mass is 16.5. The average Bonchev–Trinajstić information content (AvgIpc) is 2.46. The van der Waals surface area contributed by atoms with E-state index in [1.54, 1.807) is 7.11 Å². The Morgan fingerprint density at radius 1 is 1.26 bits per heavy atom. The van der Waals surface area contributed by atoms with Crippen LogP contribution in [0.25, 0.3) is 0 Å². The van der Waals surface area contributed by atoms with Crippen molar-refractivity contribution in [1.82, 2.24) is 5.32 Å². The molecule has 1 aromatic rings. The summed E-state index contributed by atoms with van der Waals surface area (Å²) in [5.74, 6) is 0.792. The third-order valence-electron chi connectivity index (χ3n) is 3.81. The van der Waals surface area contributed by atoms with Gasteiger partial charge in [-0.15, -0.1) is 0 Å². The molecule has 19 heavy (non-hydrogen) atoms. The molecule has 0 bridgehead atoms. The van der Waals surface area contributed by atoms with E-state index in [1.807, 2.05) is 24.3 Å². The number of benzene rings is 1. The summed E-state index contributed by atoms with van der Waals surface area (Å²) in [6.07, 6.45) is 4.87. The van der Waals surface area contributed by atoms with E-state index >= 15 is 0 Å². The maximum absolute atomic E-state index is 12.2. The summed E-state index contributed by atoms with van der Waals surface area (Å²) in [6, 6.07) is 7.67. The van der Waals surface area contributed by atoms with Crippen LogP contribution < -0.4 is 15.8 Å². The van der Waals surface area contributed by atoms with E-state index in [0.717, 1.165) is 37.0 Å². The second-order valence-corrected chi connectivity index (χ2v) is 5.25. The normalized spacial score (nSPS) is 17.8. The summed E-state index contributed by atoms with van der Waals surface area (Å²) in [4.78, 5) is 12.2. The minimum atomic E-state index is -0.662. The van der Waals surface area contributed by atoms with Crippen LogP contribution >= 0.6 is 0 Å². The van der Waals surface area contributed by atoms with Gasteiger partial charge in [-0.3, -0.25) is 4.79 Å². The van der Waals surface area contributed by atoms with Crippen molar-refractivity contribution in [3.05, 3.63) is 29.8 Å². The molecular formula is C15H22N2O2. The van der Waals surface area contributed by atoms with E-state index in [9.17, 15) is 4.79 Å². The molecule has 1 aliphatic carbocycles. The highest BCUT2D eigenvalue weighted by Crippen LogP contribution is 2.26. The zero-order valence-electron chi connectivity index (χ0n) is 11.4. The molecule has 1 saturated carbocycles. The second-order valence-electron chi connectivity index (χ2n) is 5.25. The van der Waals surface area contributed by atoms with Gasteiger partial charge in [-0.05, 0) is 30.5 Å². The lowest BCUT2D eigenvalue weighted by molar-refractivity contribution is -0.127. The van der Waals surface area contributed by atoms with Gasteiger partial charge in [0.15, 0.2) is 0 Å². The Morgan fingerprint density at radius 3 is 2.47 bits per heavy atom. The zero-order valence-corrected chi connectivity index (χ0v) is 11.4. The van der Waals surface area contributed by atoms with E-state index in [-0.39, 0.29) is 5.91 Å². The van der Waals surface area contributed by atoms with Crippen LogP contribution in [-0.2, 0) is 11.3 Å². The molecule has 1 aliphatic rings. The fourth-order valence-corrected chi connectivity index (χ4v) is 2.51. The lowest BCUT2D eigenvalue weighted by atomic mass is 9.82. The molecule has 2 rings (SSSR count). The van der Waals surface area contributed by atoms with E-state index < -0.39 is 5.54 Å². The third kappa shape index (κ3) is 3.47. The lowest BCUT2D eigenvalue weighted by Crippen LogP contribution is -2.54. The van der Waals surface area contributed by atoms with Crippen molar-refractivity contribution in [2.75, 3.05) is 7.11 Å². The minimum Gasteiger partial charge on any atom is -0.497 e. The van der Waals surface area contributed by atoms with Gasteiger partial charge in [0.25, 0.3) is 0 Å². The summed E-state index contributed by atoms with van der Waals surface area (Å²) in [5.41, 5.74) is 6.57. The number of nitrogens with one attached hydrogen (secondary N) is 1. The van der Waals surface area contributed by atoms with Gasteiger partial charge in [0, 0.05) is 6.54 Å². The highest BCUT2D eigenvalue weighted by molar-refractivity contribution is 5.86. The summed E-state index contributed by atoms with van der Waals surface area (Å²) >= 11 is 0. The molecule has 0 atom stereocenters. The third-order valence-corrected chi connectivity index (χ3v) is 3.81. The molecule has 4 heteroatoms. The smallest absolute Gasteiger partial charge is 0.240 e. The van der Waals surface area contributed by atoms with E-state index in [1.165, 1.54) is 6.42 Å². The number of carbonyl (C=O) groups is 1. The molecular weight excluding hydrogens is 240 g/mol. The highest BCUT2D eigenvalue weighted by Gasteiger charge is 2.34. The van der Waals surface area contributed by atoms with Gasteiger partial charge >= 0.3 is 0 Å². The fourth-order valence-electron chi connectivity index (χ4n) is 2.51. The molecule has 1 aromatic carbocycles. The quantitative estimate of drug-likeness (QED) is 0.872. The molecule has 104 valence electrons. The van der Waals surface area contributed by atoms with Gasteiger partial charge < -0.3 is 15.8 Å². The van der Waals surface area contributed by atoms with Crippen LogP contribution in [0.1, 0.15) is 37.7 Å². The molecule has 0 unspecified atom stereocenters. The van der Waals surface area contributed by atoms with Crippen LogP contribution in [0.2, 0.25) is 0 Å². The molecule has 0 saturated heterocycles. The largest absolute Gasteiger partial charge is 0.497 e. The maximum atomic E-state index is 12.2. The molecule has 1 fully saturated rings. The number of hydrogen-bond donors (Lipinski definition) is 2. The predicted molar refractivity (Wildman–Crippen MR) is 74.8 cm³/mol. The standard InChI is InChI=1S/C15H22N2O2/c1-19-13-7-5-12(6-8-13)11-17-14(18)15(16)9-3-2-4-10-15/h5-8H,2-4,9-11,16H2,1H3,(H,17,18). The molecule has 0 heterocycles. The van der Waals surface area contributed by atoms with Gasteiger partial charge in [0.05, 0.1) is 12.6 Å². The Balaban J connectivity index is 1.88. The Bertz CT molecular complexity index is 422. The van der Waals surface area contributed by atoms with Crippen molar-refractivity contribution in [1.29, 1.82) is 0 Å². The van der Waals surface area contributed by atoms with Crippen LogP contribution in [0.15, 0.2) is 24.3 Å². The number of rotatable bonds is 4. The Hall–Kier alpha value is -1.55. The molecule has 0 aromatic heterocycles. The zero-order chi connectivity index (χ0) is 13.7. The summed E-state index contributed by atoms with van der Waals surface area (Å²) in [7, 11) is 1.64. The maximum Gasteiger partial charge on any atom is 0.240 e. The minimum absolute atomic E-state index is 0.0250. The first-order valence-electron chi connectivity index (χ1n) is 6.84. The first-order valence-corrected chi connectivity index (χ1v) is 6.84. The van der Waals surface area contributed by atoms with Crippen molar-refractivity contribution in [3.8, 4) is 5.75 Å². The monoisotopic (exact) mass is 262 g/mol. The average molecular weight is 262 g/mol. The SMILES string of the molecule is COc1ccc(CNC(=O)C2(N)CCCCC2)cc1. The molecule has 1 amide bonds. The van der Waals surface area contributed by atoms with Crippen LogP contribution in [0.3, 0.4) is 0 Å². The fraction of sp³-hybridized carbons (Fsp3) is 0.533. The van der Waals surface area contributed by atoms with Crippen LogP contribution in [0.5, 0.6) is 5.75 Å². The summed E-state index contributed by atoms with van der Waals surface area (Å²) < 4.78 is 5.10. The second kappa shape index (κ2) is 6.06. The van der Waals surface area contributed by atoms with Crippen LogP contribution in [0.4, 0.5) is 0 Å². The van der Waals surface area contributed by atoms with Gasteiger partial charge in [0.1, 0.15) is 5.75 Å². The van der Waals surface area contributed by atoms with Crippen molar-refractivity contribution < 1.29 is 9.53 Å². The molecule has 0 radical (unpaired) electrons. The lowest BCUT2D eigenvalue weighted by Gasteiger charge is -2.31. The van der Waals surface area contributed by atoms with Crippen molar-refractivity contribution in [2.24, 2.45) is 5.73 Å². The van der Waals surface area contributed by atoms with E-state index in [0.29, 0.717) is 6.54 Å². The Kier molecular flexibility index (Phi) is 4.43. The van der Waals surface area contributed by atoms with Crippen LogP contribution in [-0.4, -0.2) is 18.6 Å². The van der Waals surface area contributed by atoms with Gasteiger partial charge in [-0.2, -0.15) is 0 Å². The van der Waals surface area contributed by atoms with Crippen molar-refractivity contribution >= 4 is 5.91 Å². The van der Waals surface area contributed by atoms with E-state index in [4.69, 9.17) is 10.5 Å². The van der Waals surface area contributed by atoms with Gasteiger partial charge in [0.2, 0.25) is 5.91 Å². The number of ether oxygens (including phenoxy) is 1. The number of carbonyl (C=O) groups excluding carboxylic acids is 1. The molecule has 0 spiro atoms. The molecule has 4 nitrogen and oxygen atoms in total. The first-order chi connectivity index (χ1) is 9.14. The van der Waals surface area contributed by atoms with Gasteiger partial charge in [-0.1, -0.05) is 31.4 Å². The Morgan fingerprint density at radius 2 is 1.89 bits per heavy atom. The summed E-state index contributed by atoms with van der Waals surface area (Å²) in [5, 5.41) is 2.94. The van der Waals surface area contributed by atoms with Crippen molar-refractivity contribution in [2.45, 2.75) is 44.2 Å². The molecule has 3 N–H and O–H groups in total. The predicted octanol–water partition coefficient (Wildman–Crippen LogP) is 1.97. The molecule has 0 aliphatic heterocycles. The van der Waals surface area contributed by atoms with Gasteiger partial charge in [-0.25, -0.2) is 0 Å². The number of nitrogens with two attached hydrogens (primary N) is 1. The summed E-state index contributed by atoms with van der Waals surface area (Å²) in [6.45, 7) is 0.516.